The van der Waals surface area contributed by atoms with E-state index in [2.05, 4.69) is 16.7 Å². The van der Waals surface area contributed by atoms with E-state index in [0.29, 0.717) is 17.6 Å². The van der Waals surface area contributed by atoms with Gasteiger partial charge in [-0.1, -0.05) is 36.7 Å². The smallest absolute Gasteiger partial charge is 0.0931 e. The van der Waals surface area contributed by atoms with E-state index in [4.69, 9.17) is 11.6 Å². The molecule has 1 aliphatic rings. The summed E-state index contributed by atoms with van der Waals surface area (Å²) in [5.74, 6) is 0. The highest BCUT2D eigenvalue weighted by molar-refractivity contribution is 6.31. The van der Waals surface area contributed by atoms with Crippen molar-refractivity contribution in [2.24, 2.45) is 0 Å². The molecule has 1 aliphatic heterocycles. The molecular weight excluding hydrogens is 300 g/mol. The number of aliphatic hydroxyl groups excluding tert-OH is 2. The molecule has 0 bridgehead atoms. The fourth-order valence-electron chi connectivity index (χ4n) is 3.18. The molecule has 1 heterocycles. The number of nitrogens with zero attached hydrogens (tertiary/aromatic N) is 2. The summed E-state index contributed by atoms with van der Waals surface area (Å²) in [4.78, 5) is 4.64. The number of benzene rings is 1. The van der Waals surface area contributed by atoms with Crippen molar-refractivity contribution in [3.63, 3.8) is 0 Å². The first-order chi connectivity index (χ1) is 10.5. The van der Waals surface area contributed by atoms with Crippen molar-refractivity contribution in [2.75, 3.05) is 32.7 Å². The lowest BCUT2D eigenvalue weighted by Crippen LogP contribution is -2.55. The van der Waals surface area contributed by atoms with Gasteiger partial charge in [-0.25, -0.2) is 0 Å². The Labute approximate surface area is 138 Å². The molecule has 0 aromatic heterocycles. The number of hydrogen-bond acceptors (Lipinski definition) is 4. The summed E-state index contributed by atoms with van der Waals surface area (Å²) < 4.78 is 0. The second kappa shape index (κ2) is 8.27. The van der Waals surface area contributed by atoms with Crippen LogP contribution in [0.2, 0.25) is 5.02 Å². The summed E-state index contributed by atoms with van der Waals surface area (Å²) in [5.41, 5.74) is 0.795. The van der Waals surface area contributed by atoms with Crippen molar-refractivity contribution in [3.8, 4) is 0 Å². The molecule has 2 rings (SSSR count). The average molecular weight is 327 g/mol. The van der Waals surface area contributed by atoms with Gasteiger partial charge in [0, 0.05) is 49.4 Å². The first kappa shape index (κ1) is 17.7. The van der Waals surface area contributed by atoms with E-state index >= 15 is 0 Å². The molecule has 0 unspecified atom stereocenters. The van der Waals surface area contributed by atoms with Crippen LogP contribution < -0.4 is 0 Å². The van der Waals surface area contributed by atoms with Gasteiger partial charge in [0.1, 0.15) is 0 Å². The zero-order chi connectivity index (χ0) is 16.1. The van der Waals surface area contributed by atoms with Crippen molar-refractivity contribution in [1.29, 1.82) is 0 Å². The Balaban J connectivity index is 1.93. The number of aliphatic hydroxyl groups is 2. The molecule has 1 aromatic carbocycles. The van der Waals surface area contributed by atoms with E-state index in [9.17, 15) is 10.2 Å². The first-order valence-corrected chi connectivity index (χ1v) is 8.46. The number of halogens is 1. The van der Waals surface area contributed by atoms with Gasteiger partial charge in [-0.3, -0.25) is 9.80 Å². The Bertz CT molecular complexity index is 470. The highest BCUT2D eigenvalue weighted by Crippen LogP contribution is 2.24. The second-order valence-electron chi connectivity index (χ2n) is 6.20. The van der Waals surface area contributed by atoms with Crippen molar-refractivity contribution < 1.29 is 10.2 Å². The summed E-state index contributed by atoms with van der Waals surface area (Å²) in [7, 11) is 0. The van der Waals surface area contributed by atoms with Crippen LogP contribution in [0, 0.1) is 0 Å². The third kappa shape index (κ3) is 4.67. The third-order valence-corrected chi connectivity index (χ3v) is 4.70. The average Bonchev–Trinajstić information content (AvgIpc) is 2.48. The van der Waals surface area contributed by atoms with Crippen molar-refractivity contribution in [3.05, 3.63) is 34.9 Å². The second-order valence-corrected chi connectivity index (χ2v) is 6.61. The van der Waals surface area contributed by atoms with E-state index in [1.807, 2.05) is 31.2 Å². The Morgan fingerprint density at radius 3 is 2.59 bits per heavy atom. The maximum absolute atomic E-state index is 10.4. The van der Waals surface area contributed by atoms with Crippen LogP contribution in [-0.2, 0) is 0 Å². The molecule has 2 N–H and O–H groups in total. The van der Waals surface area contributed by atoms with E-state index in [-0.39, 0.29) is 6.10 Å². The minimum Gasteiger partial charge on any atom is -0.392 e. The molecule has 0 amide bonds. The first-order valence-electron chi connectivity index (χ1n) is 8.08. The lowest BCUT2D eigenvalue weighted by Gasteiger charge is -2.42. The van der Waals surface area contributed by atoms with Crippen LogP contribution in [0.4, 0.5) is 0 Å². The molecule has 1 saturated heterocycles. The Morgan fingerprint density at radius 2 is 1.95 bits per heavy atom. The molecule has 5 heteroatoms. The highest BCUT2D eigenvalue weighted by atomic mass is 35.5. The predicted octanol–water partition coefficient (Wildman–Crippen LogP) is 2.15. The molecule has 0 saturated carbocycles. The summed E-state index contributed by atoms with van der Waals surface area (Å²) >= 11 is 6.16. The molecule has 1 fully saturated rings. The monoisotopic (exact) mass is 326 g/mol. The fourth-order valence-corrected chi connectivity index (χ4v) is 3.44. The van der Waals surface area contributed by atoms with Gasteiger partial charge in [0.2, 0.25) is 0 Å². The van der Waals surface area contributed by atoms with Gasteiger partial charge in [0.15, 0.2) is 0 Å². The quantitative estimate of drug-likeness (QED) is 0.841. The maximum atomic E-state index is 10.4. The molecule has 0 spiro atoms. The highest BCUT2D eigenvalue weighted by Gasteiger charge is 2.27. The van der Waals surface area contributed by atoms with Crippen LogP contribution in [0.25, 0.3) is 0 Å². The van der Waals surface area contributed by atoms with Gasteiger partial charge in [-0.15, -0.1) is 0 Å². The van der Waals surface area contributed by atoms with Crippen LogP contribution in [0.5, 0.6) is 0 Å². The molecule has 3 atom stereocenters. The molecule has 0 radical (unpaired) electrons. The van der Waals surface area contributed by atoms with Gasteiger partial charge in [-0.05, 0) is 19.4 Å². The van der Waals surface area contributed by atoms with E-state index in [1.54, 1.807) is 0 Å². The van der Waals surface area contributed by atoms with Gasteiger partial charge in [-0.2, -0.15) is 0 Å². The van der Waals surface area contributed by atoms with Crippen molar-refractivity contribution >= 4 is 11.6 Å². The van der Waals surface area contributed by atoms with Crippen LogP contribution in [0.1, 0.15) is 31.9 Å². The number of rotatable bonds is 6. The zero-order valence-electron chi connectivity index (χ0n) is 13.5. The van der Waals surface area contributed by atoms with Gasteiger partial charge < -0.3 is 10.2 Å². The standard InChI is InChI=1S/C17H27ClN2O2/c1-3-14-11-19(8-9-20(14)10-13(2)21)12-17(22)15-6-4-5-7-16(15)18/h4-7,13-14,17,21-22H,3,8-12H2,1-2H3/t13-,14+,17+/m0/s1. The Morgan fingerprint density at radius 1 is 1.23 bits per heavy atom. The minimum absolute atomic E-state index is 0.297. The topological polar surface area (TPSA) is 46.9 Å². The van der Waals surface area contributed by atoms with E-state index in [0.717, 1.165) is 38.2 Å². The fraction of sp³-hybridized carbons (Fsp3) is 0.647. The molecule has 124 valence electrons. The lowest BCUT2D eigenvalue weighted by molar-refractivity contribution is 0.0171. The van der Waals surface area contributed by atoms with Crippen molar-refractivity contribution in [2.45, 2.75) is 38.5 Å². The molecule has 0 aliphatic carbocycles. The van der Waals surface area contributed by atoms with Crippen LogP contribution >= 0.6 is 11.6 Å². The summed E-state index contributed by atoms with van der Waals surface area (Å²) in [6, 6.07) is 7.91. The zero-order valence-corrected chi connectivity index (χ0v) is 14.2. The minimum atomic E-state index is -0.561. The van der Waals surface area contributed by atoms with Crippen LogP contribution in [-0.4, -0.2) is 64.9 Å². The molecule has 22 heavy (non-hydrogen) atoms. The lowest BCUT2D eigenvalue weighted by atomic mass is 10.1. The summed E-state index contributed by atoms with van der Waals surface area (Å²) in [6.45, 7) is 8.09. The van der Waals surface area contributed by atoms with Gasteiger partial charge >= 0.3 is 0 Å². The normalized spacial score (nSPS) is 23.4. The molecule has 1 aromatic rings. The van der Waals surface area contributed by atoms with E-state index < -0.39 is 6.10 Å². The summed E-state index contributed by atoms with van der Waals surface area (Å²) in [5, 5.41) is 20.7. The van der Waals surface area contributed by atoms with E-state index in [1.165, 1.54) is 0 Å². The predicted molar refractivity (Wildman–Crippen MR) is 90.2 cm³/mol. The molecular formula is C17H27ClN2O2. The Kier molecular flexibility index (Phi) is 6.66. The Hall–Kier alpha value is -0.650. The largest absolute Gasteiger partial charge is 0.392 e. The van der Waals surface area contributed by atoms with Crippen LogP contribution in [0.3, 0.4) is 0 Å². The van der Waals surface area contributed by atoms with Gasteiger partial charge in [0.05, 0.1) is 12.2 Å². The number of piperazine rings is 1. The number of hydrogen-bond donors (Lipinski definition) is 2. The van der Waals surface area contributed by atoms with Crippen molar-refractivity contribution in [1.82, 2.24) is 9.80 Å². The van der Waals surface area contributed by atoms with Crippen LogP contribution in [0.15, 0.2) is 24.3 Å². The SMILES string of the molecule is CC[C@@H]1CN(C[C@@H](O)c2ccccc2Cl)CCN1C[C@H](C)O. The third-order valence-electron chi connectivity index (χ3n) is 4.35. The number of β-amino-alcohol motifs (C(OH)–C–C–N with tert-alkyl or cyclic N) is 2. The molecule has 4 nitrogen and oxygen atoms in total. The maximum Gasteiger partial charge on any atom is 0.0931 e. The van der Waals surface area contributed by atoms with Gasteiger partial charge in [0.25, 0.3) is 0 Å². The summed E-state index contributed by atoms with van der Waals surface area (Å²) in [6.07, 6.45) is 0.189.